The highest BCUT2D eigenvalue weighted by Crippen LogP contribution is 2.31. The van der Waals surface area contributed by atoms with E-state index in [1.807, 2.05) is 0 Å². The monoisotopic (exact) mass is 269 g/mol. The van der Waals surface area contributed by atoms with Crippen LogP contribution in [0.5, 0.6) is 0 Å². The fourth-order valence-electron chi connectivity index (χ4n) is 3.34. The number of aliphatic hydroxyl groups is 1. The molecule has 0 aromatic heterocycles. The van der Waals surface area contributed by atoms with Crippen LogP contribution in [0.3, 0.4) is 0 Å². The van der Waals surface area contributed by atoms with Crippen molar-refractivity contribution in [3.8, 4) is 0 Å². The Morgan fingerprint density at radius 2 is 1.63 bits per heavy atom. The molecular weight excluding hydrogens is 246 g/mol. The van der Waals surface area contributed by atoms with Crippen LogP contribution in [0.25, 0.3) is 0 Å². The Kier molecular flexibility index (Phi) is 4.80. The Balaban J connectivity index is 1.92. The Morgan fingerprint density at radius 3 is 2.26 bits per heavy atom. The van der Waals surface area contributed by atoms with E-state index in [9.17, 15) is 19.8 Å². The molecular formula is C14H23NO4. The molecule has 0 spiro atoms. The van der Waals surface area contributed by atoms with Gasteiger partial charge in [-0.2, -0.15) is 0 Å². The van der Waals surface area contributed by atoms with Crippen molar-refractivity contribution in [2.24, 2.45) is 11.8 Å². The maximum absolute atomic E-state index is 12.2. The summed E-state index contributed by atoms with van der Waals surface area (Å²) in [5.41, 5.74) is 0. The van der Waals surface area contributed by atoms with Crippen molar-refractivity contribution in [2.75, 3.05) is 0 Å². The number of hydrogen-bond donors (Lipinski definition) is 3. The van der Waals surface area contributed by atoms with Gasteiger partial charge in [0.2, 0.25) is 5.91 Å². The SMILES string of the molecule is O=C(O)[C@H]1CCCC[C@H]1C(=O)NC1CCCC(O)C1. The van der Waals surface area contributed by atoms with E-state index in [4.69, 9.17) is 0 Å². The first-order valence-corrected chi connectivity index (χ1v) is 7.29. The van der Waals surface area contributed by atoms with Crippen LogP contribution in [0.2, 0.25) is 0 Å². The minimum Gasteiger partial charge on any atom is -0.481 e. The maximum atomic E-state index is 12.2. The van der Waals surface area contributed by atoms with Crippen molar-refractivity contribution in [3.63, 3.8) is 0 Å². The number of carboxylic acid groups (broad SMARTS) is 1. The normalized spacial score (nSPS) is 35.6. The van der Waals surface area contributed by atoms with Gasteiger partial charge in [-0.15, -0.1) is 0 Å². The van der Waals surface area contributed by atoms with Crippen LogP contribution < -0.4 is 5.32 Å². The molecule has 108 valence electrons. The summed E-state index contributed by atoms with van der Waals surface area (Å²) in [5.74, 6) is -1.93. The van der Waals surface area contributed by atoms with Gasteiger partial charge in [-0.25, -0.2) is 0 Å². The van der Waals surface area contributed by atoms with Crippen molar-refractivity contribution in [1.82, 2.24) is 5.32 Å². The summed E-state index contributed by atoms with van der Waals surface area (Å²) in [6, 6.07) is 0.00706. The predicted molar refractivity (Wildman–Crippen MR) is 69.5 cm³/mol. The van der Waals surface area contributed by atoms with E-state index in [0.29, 0.717) is 19.3 Å². The zero-order valence-electron chi connectivity index (χ0n) is 11.2. The fraction of sp³-hybridized carbons (Fsp3) is 0.857. The predicted octanol–water partition coefficient (Wildman–Crippen LogP) is 1.30. The first-order valence-electron chi connectivity index (χ1n) is 7.29. The van der Waals surface area contributed by atoms with Crippen LogP contribution in [-0.2, 0) is 9.59 Å². The highest BCUT2D eigenvalue weighted by molar-refractivity contribution is 5.85. The van der Waals surface area contributed by atoms with E-state index in [1.165, 1.54) is 0 Å². The molecule has 2 aliphatic carbocycles. The van der Waals surface area contributed by atoms with Gasteiger partial charge in [0, 0.05) is 6.04 Å². The third-order valence-corrected chi connectivity index (χ3v) is 4.41. The van der Waals surface area contributed by atoms with Gasteiger partial charge in [-0.05, 0) is 38.5 Å². The molecule has 3 N–H and O–H groups in total. The molecule has 4 atom stereocenters. The summed E-state index contributed by atoms with van der Waals surface area (Å²) in [6.07, 6.45) is 5.94. The van der Waals surface area contributed by atoms with E-state index in [2.05, 4.69) is 5.32 Å². The third-order valence-electron chi connectivity index (χ3n) is 4.41. The summed E-state index contributed by atoms with van der Waals surface area (Å²) in [5, 5.41) is 21.7. The lowest BCUT2D eigenvalue weighted by Gasteiger charge is -2.31. The number of aliphatic hydroxyl groups excluding tert-OH is 1. The van der Waals surface area contributed by atoms with Gasteiger partial charge in [0.25, 0.3) is 0 Å². The van der Waals surface area contributed by atoms with Crippen LogP contribution in [0.1, 0.15) is 51.4 Å². The molecule has 2 unspecified atom stereocenters. The highest BCUT2D eigenvalue weighted by atomic mass is 16.4. The number of nitrogens with one attached hydrogen (secondary N) is 1. The second kappa shape index (κ2) is 6.37. The molecule has 5 nitrogen and oxygen atoms in total. The number of rotatable bonds is 3. The van der Waals surface area contributed by atoms with Crippen molar-refractivity contribution in [2.45, 2.75) is 63.5 Å². The minimum absolute atomic E-state index is 0.00706. The Bertz CT molecular complexity index is 344. The largest absolute Gasteiger partial charge is 0.481 e. The van der Waals surface area contributed by atoms with Crippen LogP contribution in [-0.4, -0.2) is 34.2 Å². The molecule has 19 heavy (non-hydrogen) atoms. The lowest BCUT2D eigenvalue weighted by atomic mass is 9.78. The van der Waals surface area contributed by atoms with Gasteiger partial charge in [0.05, 0.1) is 17.9 Å². The molecule has 0 aromatic carbocycles. The van der Waals surface area contributed by atoms with Crippen molar-refractivity contribution in [3.05, 3.63) is 0 Å². The van der Waals surface area contributed by atoms with Gasteiger partial charge in [-0.1, -0.05) is 12.8 Å². The van der Waals surface area contributed by atoms with Crippen molar-refractivity contribution < 1.29 is 19.8 Å². The van der Waals surface area contributed by atoms with Gasteiger partial charge < -0.3 is 15.5 Å². The van der Waals surface area contributed by atoms with E-state index in [-0.39, 0.29) is 18.1 Å². The number of carboxylic acids is 1. The topological polar surface area (TPSA) is 86.6 Å². The first kappa shape index (κ1) is 14.3. The summed E-state index contributed by atoms with van der Waals surface area (Å²) < 4.78 is 0. The molecule has 2 saturated carbocycles. The lowest BCUT2D eigenvalue weighted by molar-refractivity contribution is -0.149. The van der Waals surface area contributed by atoms with Crippen LogP contribution >= 0.6 is 0 Å². The molecule has 1 amide bonds. The van der Waals surface area contributed by atoms with Gasteiger partial charge >= 0.3 is 5.97 Å². The van der Waals surface area contributed by atoms with Crippen molar-refractivity contribution >= 4 is 11.9 Å². The number of carbonyl (C=O) groups excluding carboxylic acids is 1. The summed E-state index contributed by atoms with van der Waals surface area (Å²) >= 11 is 0. The van der Waals surface area contributed by atoms with E-state index >= 15 is 0 Å². The van der Waals surface area contributed by atoms with Crippen LogP contribution in [0.15, 0.2) is 0 Å². The summed E-state index contributed by atoms with van der Waals surface area (Å²) in [4.78, 5) is 23.4. The number of aliphatic carboxylic acids is 1. The second-order valence-electron chi connectivity index (χ2n) is 5.86. The molecule has 5 heteroatoms. The zero-order chi connectivity index (χ0) is 13.8. The van der Waals surface area contributed by atoms with Crippen molar-refractivity contribution in [1.29, 1.82) is 0 Å². The fourth-order valence-corrected chi connectivity index (χ4v) is 3.34. The Hall–Kier alpha value is -1.10. The molecule has 0 aromatic rings. The van der Waals surface area contributed by atoms with Gasteiger partial charge in [0.15, 0.2) is 0 Å². The van der Waals surface area contributed by atoms with E-state index < -0.39 is 17.8 Å². The summed E-state index contributed by atoms with van der Waals surface area (Å²) in [7, 11) is 0. The highest BCUT2D eigenvalue weighted by Gasteiger charge is 2.36. The lowest BCUT2D eigenvalue weighted by Crippen LogP contribution is -2.46. The van der Waals surface area contributed by atoms with Gasteiger partial charge in [0.1, 0.15) is 0 Å². The zero-order valence-corrected chi connectivity index (χ0v) is 11.2. The maximum Gasteiger partial charge on any atom is 0.307 e. The molecule has 2 aliphatic rings. The van der Waals surface area contributed by atoms with Crippen LogP contribution in [0, 0.1) is 11.8 Å². The summed E-state index contributed by atoms with van der Waals surface area (Å²) in [6.45, 7) is 0. The number of amides is 1. The molecule has 0 aliphatic heterocycles. The molecule has 0 bridgehead atoms. The van der Waals surface area contributed by atoms with Crippen LogP contribution in [0.4, 0.5) is 0 Å². The average molecular weight is 269 g/mol. The number of carbonyl (C=O) groups is 2. The second-order valence-corrected chi connectivity index (χ2v) is 5.86. The molecule has 2 rings (SSSR count). The molecule has 0 radical (unpaired) electrons. The standard InChI is InChI=1S/C14H23NO4/c16-10-5-3-4-9(8-10)15-13(17)11-6-1-2-7-12(11)14(18)19/h9-12,16H,1-8H2,(H,15,17)(H,18,19)/t9?,10?,11-,12+/m1/s1. The minimum atomic E-state index is -0.858. The Labute approximate surface area is 113 Å². The molecule has 2 fully saturated rings. The Morgan fingerprint density at radius 1 is 0.947 bits per heavy atom. The molecule has 0 saturated heterocycles. The van der Waals surface area contributed by atoms with E-state index in [0.717, 1.165) is 32.1 Å². The van der Waals surface area contributed by atoms with Gasteiger partial charge in [-0.3, -0.25) is 9.59 Å². The smallest absolute Gasteiger partial charge is 0.307 e. The van der Waals surface area contributed by atoms with E-state index in [1.54, 1.807) is 0 Å². The number of hydrogen-bond acceptors (Lipinski definition) is 3. The quantitative estimate of drug-likeness (QED) is 0.720. The third kappa shape index (κ3) is 3.69. The first-order chi connectivity index (χ1) is 9.08. The molecule has 0 heterocycles. The average Bonchev–Trinajstić information content (AvgIpc) is 2.38.